The van der Waals surface area contributed by atoms with E-state index in [9.17, 15) is 14.0 Å². The summed E-state index contributed by atoms with van der Waals surface area (Å²) < 4.78 is 21.6. The summed E-state index contributed by atoms with van der Waals surface area (Å²) in [4.78, 5) is 36.3. The van der Waals surface area contributed by atoms with Crippen LogP contribution in [-0.2, 0) is 22.6 Å². The lowest BCUT2D eigenvalue weighted by molar-refractivity contribution is -0.131. The lowest BCUT2D eigenvalue weighted by Crippen LogP contribution is -2.26. The molecule has 0 N–H and O–H groups in total. The predicted octanol–water partition coefficient (Wildman–Crippen LogP) is 6.57. The number of Topliss-reactive ketones (excluding diaryl/α,β-unsaturated/α-hetero) is 1. The van der Waals surface area contributed by atoms with Crippen LogP contribution in [0.3, 0.4) is 0 Å². The molecule has 194 valence electrons. The normalized spacial score (nSPS) is 17.4. The molecule has 8 heteroatoms. The monoisotopic (exact) mass is 529 g/mol. The van der Waals surface area contributed by atoms with E-state index >= 15 is 0 Å². The number of aromatic nitrogens is 2. The number of nitrogens with zero attached hydrogens (tertiary/aromatic N) is 3. The van der Waals surface area contributed by atoms with Gasteiger partial charge in [0.05, 0.1) is 20.8 Å². The first kappa shape index (κ1) is 24.7. The van der Waals surface area contributed by atoms with Gasteiger partial charge in [0.2, 0.25) is 5.91 Å². The van der Waals surface area contributed by atoms with Crippen molar-refractivity contribution in [3.8, 4) is 22.1 Å². The van der Waals surface area contributed by atoms with E-state index in [2.05, 4.69) is 9.97 Å². The minimum atomic E-state index is -0.494. The van der Waals surface area contributed by atoms with Crippen LogP contribution in [0.15, 0.2) is 54.9 Å². The Hall–Kier alpha value is -3.65. The lowest BCUT2D eigenvalue weighted by Gasteiger charge is -2.15. The van der Waals surface area contributed by atoms with Gasteiger partial charge in [-0.05, 0) is 60.6 Å². The Morgan fingerprint density at radius 2 is 1.92 bits per heavy atom. The predicted molar refractivity (Wildman–Crippen MR) is 145 cm³/mol. The minimum Gasteiger partial charge on any atom is -0.453 e. The highest BCUT2D eigenvalue weighted by Gasteiger charge is 2.28. The van der Waals surface area contributed by atoms with Gasteiger partial charge < -0.3 is 9.64 Å². The SMILES string of the molecule is C[C@H]1CCN(Cc2ccc(-c3cc4nccc(Oc5ccc(CC(=O)CC6CC6)cc5F)c4s3)nc2)C1=O. The highest BCUT2D eigenvalue weighted by Crippen LogP contribution is 2.39. The van der Waals surface area contributed by atoms with Crippen LogP contribution in [0.1, 0.15) is 43.7 Å². The number of pyridine rings is 2. The number of fused-ring (bicyclic) bond motifs is 1. The molecule has 2 fully saturated rings. The van der Waals surface area contributed by atoms with Crippen LogP contribution >= 0.6 is 11.3 Å². The van der Waals surface area contributed by atoms with E-state index in [0.29, 0.717) is 30.2 Å². The molecule has 3 aromatic heterocycles. The first-order chi connectivity index (χ1) is 18.4. The van der Waals surface area contributed by atoms with E-state index in [1.165, 1.54) is 17.4 Å². The fourth-order valence-electron chi connectivity index (χ4n) is 4.86. The third-order valence-corrected chi connectivity index (χ3v) is 8.38. The van der Waals surface area contributed by atoms with Gasteiger partial charge in [-0.15, -0.1) is 11.3 Å². The van der Waals surface area contributed by atoms with E-state index in [1.807, 2.05) is 36.2 Å². The maximum atomic E-state index is 14.9. The highest BCUT2D eigenvalue weighted by molar-refractivity contribution is 7.22. The average Bonchev–Trinajstić information content (AvgIpc) is 3.51. The molecule has 0 radical (unpaired) electrons. The van der Waals surface area contributed by atoms with Gasteiger partial charge in [-0.2, -0.15) is 0 Å². The van der Waals surface area contributed by atoms with E-state index in [-0.39, 0.29) is 29.8 Å². The van der Waals surface area contributed by atoms with E-state index < -0.39 is 5.82 Å². The summed E-state index contributed by atoms with van der Waals surface area (Å²) in [7, 11) is 0. The van der Waals surface area contributed by atoms with Crippen LogP contribution in [0.5, 0.6) is 11.5 Å². The summed E-state index contributed by atoms with van der Waals surface area (Å²) in [5.74, 6) is 1.11. The molecule has 0 unspecified atom stereocenters. The van der Waals surface area contributed by atoms with Gasteiger partial charge in [0, 0.05) is 50.3 Å². The van der Waals surface area contributed by atoms with Crippen LogP contribution in [0.2, 0.25) is 0 Å². The van der Waals surface area contributed by atoms with Crippen molar-refractivity contribution in [2.75, 3.05) is 6.54 Å². The molecule has 2 aliphatic rings. The van der Waals surface area contributed by atoms with Gasteiger partial charge in [0.1, 0.15) is 11.5 Å². The Kier molecular flexibility index (Phi) is 6.66. The van der Waals surface area contributed by atoms with Crippen molar-refractivity contribution < 1.29 is 18.7 Å². The topological polar surface area (TPSA) is 72.4 Å². The molecule has 1 saturated carbocycles. The fraction of sp³-hybridized carbons (Fsp3) is 0.333. The number of amides is 1. The average molecular weight is 530 g/mol. The van der Waals surface area contributed by atoms with Crippen molar-refractivity contribution in [2.24, 2.45) is 11.8 Å². The van der Waals surface area contributed by atoms with Crippen LogP contribution in [0.4, 0.5) is 4.39 Å². The Morgan fingerprint density at radius 3 is 2.63 bits per heavy atom. The van der Waals surface area contributed by atoms with Crippen molar-refractivity contribution in [1.82, 2.24) is 14.9 Å². The summed E-state index contributed by atoms with van der Waals surface area (Å²) in [6, 6.07) is 12.4. The number of carbonyl (C=O) groups is 2. The number of benzene rings is 1. The molecule has 6 rings (SSSR count). The molecule has 6 nitrogen and oxygen atoms in total. The molecule has 1 aromatic carbocycles. The van der Waals surface area contributed by atoms with Crippen LogP contribution < -0.4 is 4.74 Å². The third kappa shape index (κ3) is 5.31. The van der Waals surface area contributed by atoms with Gasteiger partial charge >= 0.3 is 0 Å². The van der Waals surface area contributed by atoms with Gasteiger partial charge in [-0.1, -0.05) is 19.1 Å². The summed E-state index contributed by atoms with van der Waals surface area (Å²) >= 11 is 1.48. The lowest BCUT2D eigenvalue weighted by atomic mass is 10.0. The van der Waals surface area contributed by atoms with Gasteiger partial charge in [0.25, 0.3) is 0 Å². The number of halogens is 1. The molecular weight excluding hydrogens is 501 g/mol. The van der Waals surface area contributed by atoms with Gasteiger partial charge in [-0.3, -0.25) is 19.6 Å². The van der Waals surface area contributed by atoms with E-state index in [0.717, 1.165) is 52.2 Å². The molecule has 4 heterocycles. The number of carbonyl (C=O) groups excluding carboxylic acids is 2. The summed E-state index contributed by atoms with van der Waals surface area (Å²) in [6.45, 7) is 3.33. The zero-order valence-corrected chi connectivity index (χ0v) is 22.0. The number of thiophene rings is 1. The molecule has 1 amide bonds. The molecule has 1 aliphatic heterocycles. The molecule has 1 atom stereocenters. The van der Waals surface area contributed by atoms with Gasteiger partial charge in [-0.25, -0.2) is 4.39 Å². The second-order valence-electron chi connectivity index (χ2n) is 10.4. The standard InChI is InChI=1S/C30H28FN3O3S/c1-18-9-11-34(30(18)36)17-21-4-6-24(33-16-21)28-15-25-29(38-28)27(8-10-32-25)37-26-7-5-20(14-23(26)31)13-22(35)12-19-2-3-19/h4-8,10,14-16,18-19H,2-3,9,11-13,17H2,1H3/t18-/m0/s1. The molecular formula is C30H28FN3O3S. The number of likely N-dealkylation sites (tertiary alicyclic amines) is 1. The zero-order valence-electron chi connectivity index (χ0n) is 21.2. The van der Waals surface area contributed by atoms with Gasteiger partial charge in [0.15, 0.2) is 11.6 Å². The molecule has 38 heavy (non-hydrogen) atoms. The molecule has 1 aliphatic carbocycles. The largest absolute Gasteiger partial charge is 0.453 e. The van der Waals surface area contributed by atoms with Crippen LogP contribution in [-0.4, -0.2) is 33.1 Å². The van der Waals surface area contributed by atoms with Crippen molar-refractivity contribution in [3.63, 3.8) is 0 Å². The maximum absolute atomic E-state index is 14.9. The molecule has 0 spiro atoms. The minimum absolute atomic E-state index is 0.0947. The Balaban J connectivity index is 1.17. The third-order valence-electron chi connectivity index (χ3n) is 7.22. The van der Waals surface area contributed by atoms with Crippen LogP contribution in [0, 0.1) is 17.7 Å². The summed E-state index contributed by atoms with van der Waals surface area (Å²) in [6.07, 6.45) is 7.44. The second kappa shape index (κ2) is 10.3. The number of rotatable bonds is 9. The number of hydrogen-bond acceptors (Lipinski definition) is 6. The van der Waals surface area contributed by atoms with Crippen LogP contribution in [0.25, 0.3) is 20.8 Å². The number of ketones is 1. The van der Waals surface area contributed by atoms with E-state index in [4.69, 9.17) is 4.74 Å². The summed E-state index contributed by atoms with van der Waals surface area (Å²) in [5.41, 5.74) is 3.20. The highest BCUT2D eigenvalue weighted by atomic mass is 32.1. The van der Waals surface area contributed by atoms with Crippen molar-refractivity contribution in [3.05, 3.63) is 71.8 Å². The zero-order chi connectivity index (χ0) is 26.2. The quantitative estimate of drug-likeness (QED) is 0.245. The Bertz CT molecular complexity index is 1510. The smallest absolute Gasteiger partial charge is 0.225 e. The second-order valence-corrected chi connectivity index (χ2v) is 11.4. The van der Waals surface area contributed by atoms with Crippen molar-refractivity contribution >= 4 is 33.2 Å². The van der Waals surface area contributed by atoms with E-state index in [1.54, 1.807) is 24.4 Å². The first-order valence-electron chi connectivity index (χ1n) is 13.0. The molecule has 1 saturated heterocycles. The number of ether oxygens (including phenoxy) is 1. The number of hydrogen-bond donors (Lipinski definition) is 0. The van der Waals surface area contributed by atoms with Crippen molar-refractivity contribution in [1.29, 1.82) is 0 Å². The maximum Gasteiger partial charge on any atom is 0.225 e. The fourth-order valence-corrected chi connectivity index (χ4v) is 5.90. The van der Waals surface area contributed by atoms with Crippen molar-refractivity contribution in [2.45, 2.75) is 45.6 Å². The molecule has 0 bridgehead atoms. The molecule has 4 aromatic rings. The first-order valence-corrected chi connectivity index (χ1v) is 13.8. The Morgan fingerprint density at radius 1 is 1.08 bits per heavy atom. The Labute approximate surface area is 224 Å². The summed E-state index contributed by atoms with van der Waals surface area (Å²) in [5, 5.41) is 0.